The second kappa shape index (κ2) is 5.41. The molecule has 0 aliphatic carbocycles. The second-order valence-corrected chi connectivity index (χ2v) is 4.77. The van der Waals surface area contributed by atoms with Crippen LogP contribution < -0.4 is 10.5 Å². The first-order valence-electron chi connectivity index (χ1n) is 6.66. The van der Waals surface area contributed by atoms with Gasteiger partial charge in [0.2, 0.25) is 0 Å². The van der Waals surface area contributed by atoms with Gasteiger partial charge in [-0.25, -0.2) is 0 Å². The van der Waals surface area contributed by atoms with Crippen molar-refractivity contribution >= 4 is 11.5 Å². The van der Waals surface area contributed by atoms with Crippen molar-refractivity contribution < 1.29 is 9.53 Å². The van der Waals surface area contributed by atoms with Gasteiger partial charge in [-0.1, -0.05) is 12.1 Å². The second-order valence-electron chi connectivity index (χ2n) is 4.77. The summed E-state index contributed by atoms with van der Waals surface area (Å²) in [5, 5.41) is 0. The number of anilines is 1. The summed E-state index contributed by atoms with van der Waals surface area (Å²) in [6.45, 7) is 5.97. The topological polar surface area (TPSA) is 57.2 Å². The Hall–Kier alpha value is -2.23. The molecule has 0 unspecified atom stereocenters. The van der Waals surface area contributed by atoms with E-state index in [1.807, 2.05) is 49.7 Å². The summed E-state index contributed by atoms with van der Waals surface area (Å²) in [4.78, 5) is 11.8. The predicted octanol–water partition coefficient (Wildman–Crippen LogP) is 3.18. The SMILES string of the molecule is CCOc1ccccc1-c1c(N)c(C(C)=O)c(C)n1C. The lowest BCUT2D eigenvalue weighted by Crippen LogP contribution is -1.99. The van der Waals surface area contributed by atoms with Gasteiger partial charge in [-0.05, 0) is 32.9 Å². The average molecular weight is 272 g/mol. The number of Topliss-reactive ketones (excluding diaryl/α,β-unsaturated/α-hetero) is 1. The molecular weight excluding hydrogens is 252 g/mol. The normalized spacial score (nSPS) is 10.6. The molecule has 0 amide bonds. The lowest BCUT2D eigenvalue weighted by atomic mass is 10.1. The Bertz CT molecular complexity index is 657. The van der Waals surface area contributed by atoms with E-state index in [9.17, 15) is 4.79 Å². The maximum atomic E-state index is 11.8. The quantitative estimate of drug-likeness (QED) is 0.870. The zero-order valence-electron chi connectivity index (χ0n) is 12.4. The third kappa shape index (κ3) is 2.18. The summed E-state index contributed by atoms with van der Waals surface area (Å²) < 4.78 is 7.61. The van der Waals surface area contributed by atoms with Crippen molar-refractivity contribution in [2.75, 3.05) is 12.3 Å². The largest absolute Gasteiger partial charge is 0.493 e. The maximum absolute atomic E-state index is 11.8. The van der Waals surface area contributed by atoms with Crippen LogP contribution in [0, 0.1) is 6.92 Å². The number of carbonyl (C=O) groups is 1. The van der Waals surface area contributed by atoms with Crippen molar-refractivity contribution in [1.82, 2.24) is 4.57 Å². The van der Waals surface area contributed by atoms with E-state index in [0.717, 1.165) is 22.7 Å². The van der Waals surface area contributed by atoms with E-state index in [2.05, 4.69) is 0 Å². The highest BCUT2D eigenvalue weighted by Crippen LogP contribution is 2.38. The highest BCUT2D eigenvalue weighted by Gasteiger charge is 2.22. The van der Waals surface area contributed by atoms with E-state index in [-0.39, 0.29) is 5.78 Å². The van der Waals surface area contributed by atoms with Gasteiger partial charge in [0, 0.05) is 18.3 Å². The number of hydrogen-bond donors (Lipinski definition) is 1. The zero-order chi connectivity index (χ0) is 14.9. The van der Waals surface area contributed by atoms with Crippen molar-refractivity contribution in [2.45, 2.75) is 20.8 Å². The Morgan fingerprint density at radius 1 is 1.35 bits per heavy atom. The highest BCUT2D eigenvalue weighted by molar-refractivity contribution is 6.04. The van der Waals surface area contributed by atoms with Crippen molar-refractivity contribution in [3.8, 4) is 17.0 Å². The fourth-order valence-corrected chi connectivity index (χ4v) is 2.54. The minimum Gasteiger partial charge on any atom is -0.493 e. The predicted molar refractivity (Wildman–Crippen MR) is 81.2 cm³/mol. The first-order chi connectivity index (χ1) is 9.49. The van der Waals surface area contributed by atoms with Crippen LogP contribution in [0.5, 0.6) is 5.75 Å². The van der Waals surface area contributed by atoms with Crippen LogP contribution in [0.15, 0.2) is 24.3 Å². The molecule has 0 fully saturated rings. The number of benzene rings is 1. The molecule has 0 aliphatic rings. The third-order valence-electron chi connectivity index (χ3n) is 3.52. The van der Waals surface area contributed by atoms with Crippen molar-refractivity contribution in [1.29, 1.82) is 0 Å². The van der Waals surface area contributed by atoms with Gasteiger partial charge < -0.3 is 15.0 Å². The fourth-order valence-electron chi connectivity index (χ4n) is 2.54. The van der Waals surface area contributed by atoms with Gasteiger partial charge in [-0.2, -0.15) is 0 Å². The lowest BCUT2D eigenvalue weighted by Gasteiger charge is -2.12. The molecule has 4 nitrogen and oxygen atoms in total. The molecule has 1 aromatic carbocycles. The molecule has 1 heterocycles. The van der Waals surface area contributed by atoms with Crippen LogP contribution in [0.25, 0.3) is 11.3 Å². The van der Waals surface area contributed by atoms with Gasteiger partial charge in [-0.3, -0.25) is 4.79 Å². The number of nitrogens with two attached hydrogens (primary N) is 1. The third-order valence-corrected chi connectivity index (χ3v) is 3.52. The molecule has 2 N–H and O–H groups in total. The van der Waals surface area contributed by atoms with E-state index in [4.69, 9.17) is 10.5 Å². The highest BCUT2D eigenvalue weighted by atomic mass is 16.5. The molecule has 2 aromatic rings. The Kier molecular flexibility index (Phi) is 3.84. The molecule has 0 bridgehead atoms. The van der Waals surface area contributed by atoms with Crippen LogP contribution in [-0.2, 0) is 7.05 Å². The number of carbonyl (C=O) groups excluding carboxylic acids is 1. The summed E-state index contributed by atoms with van der Waals surface area (Å²) >= 11 is 0. The Balaban J connectivity index is 2.71. The molecule has 4 heteroatoms. The van der Waals surface area contributed by atoms with E-state index in [1.165, 1.54) is 6.92 Å². The van der Waals surface area contributed by atoms with Crippen molar-refractivity contribution in [3.05, 3.63) is 35.5 Å². The van der Waals surface area contributed by atoms with Crippen LogP contribution >= 0.6 is 0 Å². The number of ketones is 1. The van der Waals surface area contributed by atoms with E-state index in [1.54, 1.807) is 0 Å². The van der Waals surface area contributed by atoms with Gasteiger partial charge in [0.05, 0.1) is 23.6 Å². The zero-order valence-corrected chi connectivity index (χ0v) is 12.4. The molecule has 2 rings (SSSR count). The van der Waals surface area contributed by atoms with Gasteiger partial charge in [0.25, 0.3) is 0 Å². The number of para-hydroxylation sites is 1. The van der Waals surface area contributed by atoms with E-state index in [0.29, 0.717) is 17.9 Å². The van der Waals surface area contributed by atoms with Crippen LogP contribution in [-0.4, -0.2) is 17.0 Å². The first-order valence-corrected chi connectivity index (χ1v) is 6.66. The molecule has 0 spiro atoms. The minimum absolute atomic E-state index is 0.0178. The number of aromatic nitrogens is 1. The number of rotatable bonds is 4. The van der Waals surface area contributed by atoms with Gasteiger partial charge in [0.15, 0.2) is 5.78 Å². The standard InChI is InChI=1S/C16H20N2O2/c1-5-20-13-9-7-6-8-12(13)16-15(17)14(11(3)19)10(2)18(16)4/h6-9H,5,17H2,1-4H3. The minimum atomic E-state index is -0.0178. The van der Waals surface area contributed by atoms with Crippen LogP contribution in [0.2, 0.25) is 0 Å². The fraction of sp³-hybridized carbons (Fsp3) is 0.312. The van der Waals surface area contributed by atoms with Gasteiger partial charge >= 0.3 is 0 Å². The molecule has 0 saturated heterocycles. The van der Waals surface area contributed by atoms with Crippen molar-refractivity contribution in [2.24, 2.45) is 7.05 Å². The van der Waals surface area contributed by atoms with Crippen LogP contribution in [0.4, 0.5) is 5.69 Å². The number of hydrogen-bond acceptors (Lipinski definition) is 3. The molecule has 106 valence electrons. The maximum Gasteiger partial charge on any atom is 0.163 e. The van der Waals surface area contributed by atoms with Crippen LogP contribution in [0.3, 0.4) is 0 Å². The monoisotopic (exact) mass is 272 g/mol. The number of nitrogens with zero attached hydrogens (tertiary/aromatic N) is 1. The molecular formula is C16H20N2O2. The van der Waals surface area contributed by atoms with Gasteiger partial charge in [0.1, 0.15) is 5.75 Å². The molecule has 0 atom stereocenters. The lowest BCUT2D eigenvalue weighted by molar-refractivity contribution is 0.101. The summed E-state index contributed by atoms with van der Waals surface area (Å²) in [6, 6.07) is 7.73. The van der Waals surface area contributed by atoms with Crippen LogP contribution in [0.1, 0.15) is 29.9 Å². The van der Waals surface area contributed by atoms with Gasteiger partial charge in [-0.15, -0.1) is 0 Å². The number of ether oxygens (including phenoxy) is 1. The molecule has 0 radical (unpaired) electrons. The summed E-state index contributed by atoms with van der Waals surface area (Å²) in [5.74, 6) is 0.758. The Morgan fingerprint density at radius 3 is 2.55 bits per heavy atom. The summed E-state index contributed by atoms with van der Waals surface area (Å²) in [6.07, 6.45) is 0. The molecule has 0 saturated carbocycles. The smallest absolute Gasteiger partial charge is 0.163 e. The Labute approximate surface area is 119 Å². The van der Waals surface area contributed by atoms with E-state index >= 15 is 0 Å². The summed E-state index contributed by atoms with van der Waals surface area (Å²) in [7, 11) is 1.91. The van der Waals surface area contributed by atoms with Crippen molar-refractivity contribution in [3.63, 3.8) is 0 Å². The van der Waals surface area contributed by atoms with E-state index < -0.39 is 0 Å². The molecule has 1 aromatic heterocycles. The number of nitrogen functional groups attached to an aromatic ring is 1. The molecule has 20 heavy (non-hydrogen) atoms. The first kappa shape index (κ1) is 14.2. The Morgan fingerprint density at radius 2 is 2.00 bits per heavy atom. The molecule has 0 aliphatic heterocycles. The summed E-state index contributed by atoms with van der Waals surface area (Å²) in [5.41, 5.74) is 9.92. The average Bonchev–Trinajstić information content (AvgIpc) is 2.62.